The Labute approximate surface area is 453 Å². The van der Waals surface area contributed by atoms with Gasteiger partial charge in [-0.25, -0.2) is 0 Å². The SMILES string of the molecule is CCCOc1nc2ccc(I)cc2c(=O)n1CC.CCCOc1nc2ccccc2c(=O)n1CCC.CCCn1c(OC)nc2ccc(I)cc2c1=O.CCCn1c(OCC)nc2ccc(I)cc2c1=O. The molecule has 4 heterocycles. The molecule has 0 aliphatic rings. The molecule has 0 radical (unpaired) electrons. The summed E-state index contributed by atoms with van der Waals surface area (Å²) in [4.78, 5) is 67.0. The van der Waals surface area contributed by atoms with E-state index in [-0.39, 0.29) is 22.2 Å². The van der Waals surface area contributed by atoms with Crippen molar-refractivity contribution in [1.82, 2.24) is 38.2 Å². The van der Waals surface area contributed by atoms with Crippen LogP contribution in [-0.2, 0) is 26.2 Å². The molecule has 0 N–H and O–H groups in total. The number of hydrogen-bond acceptors (Lipinski definition) is 12. The first-order valence-corrected chi connectivity index (χ1v) is 27.0. The minimum atomic E-state index is -0.0351. The van der Waals surface area contributed by atoms with Crippen molar-refractivity contribution in [2.45, 2.75) is 107 Å². The first kappa shape index (κ1) is 56.7. The summed E-state index contributed by atoms with van der Waals surface area (Å²) in [5, 5.41) is 2.59. The summed E-state index contributed by atoms with van der Waals surface area (Å²) >= 11 is 6.58. The van der Waals surface area contributed by atoms with Crippen molar-refractivity contribution >= 4 is 111 Å². The molecule has 0 aliphatic carbocycles. The number of aromatic nitrogens is 8. The Morgan fingerprint density at radius 3 is 1.17 bits per heavy atom. The summed E-state index contributed by atoms with van der Waals surface area (Å²) in [5.41, 5.74) is 2.64. The van der Waals surface area contributed by atoms with Crippen molar-refractivity contribution in [2.24, 2.45) is 0 Å². The molecular weight excluding hydrogens is 1250 g/mol. The molecule has 0 atom stereocenters. The number of halogens is 3. The highest BCUT2D eigenvalue weighted by Gasteiger charge is 2.15. The Hall–Kier alpha value is -5.17. The summed E-state index contributed by atoms with van der Waals surface area (Å²) in [6.07, 6.45) is 4.41. The number of hydrogen-bond donors (Lipinski definition) is 0. The van der Waals surface area contributed by atoms with Crippen LogP contribution in [0.25, 0.3) is 43.6 Å². The number of benzene rings is 4. The molecule has 0 amide bonds. The average molecular weight is 1310 g/mol. The van der Waals surface area contributed by atoms with Gasteiger partial charge in [-0.3, -0.25) is 37.4 Å². The van der Waals surface area contributed by atoms with Crippen molar-refractivity contribution in [3.63, 3.8) is 0 Å². The third-order valence-corrected chi connectivity index (χ3v) is 12.5. The first-order chi connectivity index (χ1) is 34.3. The lowest BCUT2D eigenvalue weighted by molar-refractivity contribution is 0.272. The molecule has 4 aromatic heterocycles. The normalized spacial score (nSPS) is 10.8. The number of para-hydroxylation sites is 1. The van der Waals surface area contributed by atoms with Gasteiger partial charge in [0.2, 0.25) is 0 Å². The van der Waals surface area contributed by atoms with E-state index in [9.17, 15) is 19.2 Å². The number of nitrogens with zero attached hydrogens (tertiary/aromatic N) is 8. The van der Waals surface area contributed by atoms with Gasteiger partial charge < -0.3 is 18.9 Å². The molecule has 16 nitrogen and oxygen atoms in total. The third-order valence-electron chi connectivity index (χ3n) is 10.5. The summed E-state index contributed by atoms with van der Waals surface area (Å²) in [6, 6.07) is 26.0. The smallest absolute Gasteiger partial charge is 0.299 e. The summed E-state index contributed by atoms with van der Waals surface area (Å²) in [6.45, 7) is 18.0. The second kappa shape index (κ2) is 28.2. The van der Waals surface area contributed by atoms with Crippen LogP contribution in [0.5, 0.6) is 24.0 Å². The van der Waals surface area contributed by atoms with Crippen LogP contribution in [0.2, 0.25) is 0 Å². The Balaban J connectivity index is 0.000000176. The van der Waals surface area contributed by atoms with E-state index in [0.29, 0.717) is 114 Å². The number of ether oxygens (including phenoxy) is 4. The quantitative estimate of drug-likeness (QED) is 0.0838. The molecular formula is C52H61I3N8O8. The Morgan fingerprint density at radius 1 is 0.423 bits per heavy atom. The second-order valence-corrected chi connectivity index (χ2v) is 19.6. The van der Waals surface area contributed by atoms with Gasteiger partial charge in [-0.15, -0.1) is 0 Å². The van der Waals surface area contributed by atoms with Gasteiger partial charge in [-0.1, -0.05) is 46.8 Å². The highest BCUT2D eigenvalue weighted by molar-refractivity contribution is 14.1. The Bertz CT molecular complexity index is 3320. The Kier molecular flexibility index (Phi) is 22.5. The average Bonchev–Trinajstić information content (AvgIpc) is 3.37. The zero-order chi connectivity index (χ0) is 51.6. The highest BCUT2D eigenvalue weighted by Crippen LogP contribution is 2.20. The van der Waals surface area contributed by atoms with Crippen LogP contribution >= 0.6 is 67.8 Å². The fourth-order valence-electron chi connectivity index (χ4n) is 7.21. The topological polar surface area (TPSA) is 176 Å². The lowest BCUT2D eigenvalue weighted by atomic mass is 10.2. The fourth-order valence-corrected chi connectivity index (χ4v) is 8.68. The minimum Gasteiger partial charge on any atom is -0.468 e. The molecule has 8 aromatic rings. The molecule has 71 heavy (non-hydrogen) atoms. The molecule has 0 bridgehead atoms. The third kappa shape index (κ3) is 14.5. The van der Waals surface area contributed by atoms with Gasteiger partial charge in [0.25, 0.3) is 46.3 Å². The monoisotopic (exact) mass is 1310 g/mol. The van der Waals surface area contributed by atoms with Crippen LogP contribution < -0.4 is 41.2 Å². The van der Waals surface area contributed by atoms with Crippen molar-refractivity contribution in [3.8, 4) is 24.0 Å². The van der Waals surface area contributed by atoms with Gasteiger partial charge in [0.15, 0.2) is 0 Å². The predicted molar refractivity (Wildman–Crippen MR) is 308 cm³/mol. The molecule has 0 saturated heterocycles. The molecule has 4 aromatic carbocycles. The predicted octanol–water partition coefficient (Wildman–Crippen LogP) is 10.6. The van der Waals surface area contributed by atoms with Gasteiger partial charge >= 0.3 is 0 Å². The van der Waals surface area contributed by atoms with Gasteiger partial charge in [0.05, 0.1) is 70.5 Å². The molecule has 0 saturated carbocycles. The summed E-state index contributed by atoms with van der Waals surface area (Å²) in [7, 11) is 1.53. The lowest BCUT2D eigenvalue weighted by Gasteiger charge is -2.12. The van der Waals surface area contributed by atoms with Gasteiger partial charge in [-0.2, -0.15) is 19.9 Å². The van der Waals surface area contributed by atoms with E-state index in [1.807, 2.05) is 121 Å². The maximum atomic E-state index is 12.4. The minimum absolute atomic E-state index is 0.0199. The van der Waals surface area contributed by atoms with Crippen molar-refractivity contribution < 1.29 is 18.9 Å². The second-order valence-electron chi connectivity index (χ2n) is 15.8. The molecule has 8 rings (SSSR count). The zero-order valence-corrected chi connectivity index (χ0v) is 47.9. The Morgan fingerprint density at radius 2 is 0.775 bits per heavy atom. The number of methoxy groups -OCH3 is 1. The maximum absolute atomic E-state index is 12.4. The van der Waals surface area contributed by atoms with E-state index in [1.54, 1.807) is 24.3 Å². The molecule has 0 fully saturated rings. The van der Waals surface area contributed by atoms with Gasteiger partial charge in [0, 0.05) is 36.9 Å². The van der Waals surface area contributed by atoms with Crippen LogP contribution in [0.15, 0.2) is 98.0 Å². The number of fused-ring (bicyclic) bond motifs is 4. The first-order valence-electron chi connectivity index (χ1n) is 23.8. The molecule has 0 spiro atoms. The van der Waals surface area contributed by atoms with Crippen LogP contribution in [0.1, 0.15) is 80.6 Å². The van der Waals surface area contributed by atoms with E-state index in [0.717, 1.165) is 42.8 Å². The van der Waals surface area contributed by atoms with Crippen LogP contribution in [0, 0.1) is 10.7 Å². The number of rotatable bonds is 16. The molecule has 0 aliphatic heterocycles. The van der Waals surface area contributed by atoms with E-state index in [2.05, 4.69) is 87.7 Å². The molecule has 19 heteroatoms. The van der Waals surface area contributed by atoms with E-state index in [1.165, 1.54) is 7.11 Å². The maximum Gasteiger partial charge on any atom is 0.299 e. The van der Waals surface area contributed by atoms with Gasteiger partial charge in [0.1, 0.15) is 0 Å². The summed E-state index contributed by atoms with van der Waals surface area (Å²) in [5.74, 6) is 0. The van der Waals surface area contributed by atoms with Crippen molar-refractivity contribution in [2.75, 3.05) is 26.9 Å². The largest absolute Gasteiger partial charge is 0.468 e. The van der Waals surface area contributed by atoms with E-state index < -0.39 is 0 Å². The lowest BCUT2D eigenvalue weighted by Crippen LogP contribution is -2.23. The van der Waals surface area contributed by atoms with Gasteiger partial charge in [-0.05, 0) is 180 Å². The highest BCUT2D eigenvalue weighted by atomic mass is 127. The van der Waals surface area contributed by atoms with E-state index >= 15 is 0 Å². The molecule has 0 unspecified atom stereocenters. The van der Waals surface area contributed by atoms with E-state index in [4.69, 9.17) is 18.9 Å². The zero-order valence-electron chi connectivity index (χ0n) is 41.5. The van der Waals surface area contributed by atoms with Crippen LogP contribution in [0.4, 0.5) is 0 Å². The van der Waals surface area contributed by atoms with Crippen molar-refractivity contribution in [3.05, 3.63) is 131 Å². The fraction of sp³-hybridized carbons (Fsp3) is 0.385. The standard InChI is InChI=1S/C14H18N2O2.2C13H15IN2O2.C12H13IN2O2/c1-3-9-16-13(17)11-7-5-6-8-12(11)15-14(16)18-10-4-2;1-3-7-16-12(17)10-8-9(14)5-6-11(10)15-13(16)18-4-2;1-3-7-18-13-15-11-6-5-9(14)8-10(11)12(17)16(13)4-2;1-3-6-15-11(16)9-7-8(13)4-5-10(9)14-12(15)17-2/h5-8H,3-4,9-10H2,1-2H3;2*5-6,8H,3-4,7H2,1-2H3;4-5,7H,3,6H2,1-2H3. The van der Waals surface area contributed by atoms with Crippen molar-refractivity contribution in [1.29, 1.82) is 0 Å². The van der Waals surface area contributed by atoms with Crippen LogP contribution in [0.3, 0.4) is 0 Å². The van der Waals surface area contributed by atoms with Crippen LogP contribution in [-0.4, -0.2) is 65.1 Å². The summed E-state index contributed by atoms with van der Waals surface area (Å²) < 4.78 is 31.2. The molecule has 378 valence electrons.